The third-order valence-corrected chi connectivity index (χ3v) is 4.50. The van der Waals surface area contributed by atoms with Crippen molar-refractivity contribution < 1.29 is 9.53 Å². The van der Waals surface area contributed by atoms with Crippen LogP contribution in [-0.2, 0) is 10.2 Å². The zero-order valence-corrected chi connectivity index (χ0v) is 13.6. The molecule has 1 aliphatic rings. The Balaban J connectivity index is 1.92. The van der Waals surface area contributed by atoms with E-state index in [0.717, 1.165) is 41.1 Å². The van der Waals surface area contributed by atoms with Gasteiger partial charge in [-0.15, -0.1) is 0 Å². The molecule has 0 aliphatic heterocycles. The molecule has 0 radical (unpaired) electrons. The monoisotopic (exact) mass is 296 g/mol. The van der Waals surface area contributed by atoms with Gasteiger partial charge in [0.05, 0.1) is 17.2 Å². The molecule has 112 valence electrons. The Bertz CT molecular complexity index is 461. The number of carbonyl (C=O) groups excluding carboxylic acids is 1. The number of anilines is 1. The van der Waals surface area contributed by atoms with Gasteiger partial charge in [-0.1, -0.05) is 32.1 Å². The van der Waals surface area contributed by atoms with E-state index >= 15 is 0 Å². The van der Waals surface area contributed by atoms with Crippen LogP contribution >= 0.6 is 11.3 Å². The van der Waals surface area contributed by atoms with E-state index in [9.17, 15) is 4.79 Å². The summed E-state index contributed by atoms with van der Waals surface area (Å²) in [5, 5.41) is 0.895. The molecule has 0 N–H and O–H groups in total. The normalized spacial score (nSPS) is 15.4. The van der Waals surface area contributed by atoms with Gasteiger partial charge in [-0.05, 0) is 18.8 Å². The predicted octanol–water partition coefficient (Wildman–Crippen LogP) is 3.12. The lowest BCUT2D eigenvalue weighted by Crippen LogP contribution is -2.23. The van der Waals surface area contributed by atoms with E-state index in [1.54, 1.807) is 0 Å². The van der Waals surface area contributed by atoms with Gasteiger partial charge in [-0.25, -0.2) is 4.98 Å². The molecule has 1 aliphatic carbocycles. The number of aromatic nitrogens is 1. The summed E-state index contributed by atoms with van der Waals surface area (Å²) in [6.07, 6.45) is 3.55. The number of carbonyl (C=O) groups is 1. The molecule has 0 amide bonds. The van der Waals surface area contributed by atoms with Gasteiger partial charge in [0.1, 0.15) is 0 Å². The summed E-state index contributed by atoms with van der Waals surface area (Å²) in [5.41, 5.74) is 0.784. The third-order valence-electron chi connectivity index (χ3n) is 3.41. The Morgan fingerprint density at radius 2 is 2.15 bits per heavy atom. The molecular weight excluding hydrogens is 272 g/mol. The zero-order valence-electron chi connectivity index (χ0n) is 12.8. The highest BCUT2D eigenvalue weighted by Gasteiger charge is 2.24. The van der Waals surface area contributed by atoms with E-state index in [-0.39, 0.29) is 5.41 Å². The van der Waals surface area contributed by atoms with Crippen LogP contribution in [0.3, 0.4) is 0 Å². The molecule has 0 spiro atoms. The smallest absolute Gasteiger partial charge is 0.186 e. The van der Waals surface area contributed by atoms with Crippen molar-refractivity contribution in [1.29, 1.82) is 0 Å². The molecule has 1 aromatic rings. The molecule has 1 heterocycles. The van der Waals surface area contributed by atoms with Crippen LogP contribution in [0.4, 0.5) is 5.13 Å². The Hall–Kier alpha value is -0.940. The average Bonchev–Trinajstić information content (AvgIpc) is 3.08. The highest BCUT2D eigenvalue weighted by atomic mass is 32.1. The van der Waals surface area contributed by atoms with Crippen molar-refractivity contribution in [3.8, 4) is 0 Å². The highest BCUT2D eigenvalue weighted by Crippen LogP contribution is 2.32. The van der Waals surface area contributed by atoms with Crippen molar-refractivity contribution in [3.63, 3.8) is 0 Å². The number of aldehydes is 1. The number of rotatable bonds is 7. The van der Waals surface area contributed by atoms with Crippen LogP contribution in [0.1, 0.15) is 49.0 Å². The van der Waals surface area contributed by atoms with Crippen LogP contribution in [0.2, 0.25) is 0 Å². The van der Waals surface area contributed by atoms with E-state index in [2.05, 4.69) is 30.7 Å². The first-order valence-corrected chi connectivity index (χ1v) is 7.99. The first-order valence-electron chi connectivity index (χ1n) is 7.17. The summed E-state index contributed by atoms with van der Waals surface area (Å²) in [6.45, 7) is 8.65. The SMILES string of the molecule is CN(CCOCC1CC1)c1nc(C(C)(C)C)c(C=O)s1. The summed E-state index contributed by atoms with van der Waals surface area (Å²) in [6, 6.07) is 0. The van der Waals surface area contributed by atoms with E-state index < -0.39 is 0 Å². The largest absolute Gasteiger partial charge is 0.379 e. The van der Waals surface area contributed by atoms with Gasteiger partial charge in [-0.3, -0.25) is 4.79 Å². The second-order valence-electron chi connectivity index (χ2n) is 6.52. The van der Waals surface area contributed by atoms with Gasteiger partial charge < -0.3 is 9.64 Å². The summed E-state index contributed by atoms with van der Waals surface area (Å²) in [7, 11) is 2.00. The lowest BCUT2D eigenvalue weighted by atomic mass is 9.91. The molecule has 0 bridgehead atoms. The maximum atomic E-state index is 11.2. The minimum Gasteiger partial charge on any atom is -0.379 e. The van der Waals surface area contributed by atoms with Gasteiger partial charge in [0.25, 0.3) is 0 Å². The third kappa shape index (κ3) is 4.03. The minimum atomic E-state index is -0.103. The molecular formula is C15H24N2O2S. The number of thiazole rings is 1. The van der Waals surface area contributed by atoms with Crippen LogP contribution < -0.4 is 4.90 Å². The Morgan fingerprint density at radius 3 is 2.65 bits per heavy atom. The van der Waals surface area contributed by atoms with Gasteiger partial charge in [0.15, 0.2) is 11.4 Å². The van der Waals surface area contributed by atoms with Crippen molar-refractivity contribution in [2.45, 2.75) is 39.0 Å². The minimum absolute atomic E-state index is 0.103. The fourth-order valence-electron chi connectivity index (χ4n) is 1.93. The first kappa shape index (κ1) is 15.4. The van der Waals surface area contributed by atoms with Crippen molar-refractivity contribution >= 4 is 22.8 Å². The van der Waals surface area contributed by atoms with Crippen molar-refractivity contribution in [2.24, 2.45) is 5.92 Å². The van der Waals surface area contributed by atoms with Crippen molar-refractivity contribution in [3.05, 3.63) is 10.6 Å². The van der Waals surface area contributed by atoms with Crippen molar-refractivity contribution in [1.82, 2.24) is 4.98 Å². The number of hydrogen-bond acceptors (Lipinski definition) is 5. The lowest BCUT2D eigenvalue weighted by molar-refractivity contribution is 0.112. The molecule has 0 aromatic carbocycles. The standard InChI is InChI=1S/C15H24N2O2S/c1-15(2,3)13-12(9-18)20-14(16-13)17(4)7-8-19-10-11-5-6-11/h9,11H,5-8,10H2,1-4H3. The zero-order chi connectivity index (χ0) is 14.8. The summed E-state index contributed by atoms with van der Waals surface area (Å²) >= 11 is 1.46. The van der Waals surface area contributed by atoms with Gasteiger partial charge in [0.2, 0.25) is 0 Å². The van der Waals surface area contributed by atoms with Crippen LogP contribution in [0.15, 0.2) is 0 Å². The second kappa shape index (κ2) is 6.22. The number of likely N-dealkylation sites (N-methyl/N-ethyl adjacent to an activating group) is 1. The van der Waals surface area contributed by atoms with E-state index in [1.807, 2.05) is 7.05 Å². The van der Waals surface area contributed by atoms with Gasteiger partial charge in [0, 0.05) is 25.6 Å². The molecule has 5 heteroatoms. The Morgan fingerprint density at radius 1 is 1.45 bits per heavy atom. The fourth-order valence-corrected chi connectivity index (χ4v) is 3.01. The quantitative estimate of drug-likeness (QED) is 0.573. The topological polar surface area (TPSA) is 42.4 Å². The van der Waals surface area contributed by atoms with Crippen LogP contribution in [-0.4, -0.2) is 38.1 Å². The van der Waals surface area contributed by atoms with Crippen LogP contribution in [0.25, 0.3) is 0 Å². The van der Waals surface area contributed by atoms with E-state index in [4.69, 9.17) is 4.74 Å². The molecule has 0 unspecified atom stereocenters. The van der Waals surface area contributed by atoms with Gasteiger partial charge >= 0.3 is 0 Å². The molecule has 1 fully saturated rings. The molecule has 1 saturated carbocycles. The average molecular weight is 296 g/mol. The summed E-state index contributed by atoms with van der Waals surface area (Å²) < 4.78 is 5.65. The van der Waals surface area contributed by atoms with Crippen LogP contribution in [0, 0.1) is 5.92 Å². The fraction of sp³-hybridized carbons (Fsp3) is 0.733. The Kier molecular flexibility index (Phi) is 4.81. The molecule has 0 atom stereocenters. The molecule has 0 saturated heterocycles. The summed E-state index contributed by atoms with van der Waals surface area (Å²) in [4.78, 5) is 18.6. The van der Waals surface area contributed by atoms with Crippen LogP contribution in [0.5, 0.6) is 0 Å². The highest BCUT2D eigenvalue weighted by molar-refractivity contribution is 7.17. The molecule has 2 rings (SSSR count). The lowest BCUT2D eigenvalue weighted by Gasteiger charge is -2.17. The summed E-state index contributed by atoms with van der Waals surface area (Å²) in [5.74, 6) is 0.800. The van der Waals surface area contributed by atoms with E-state index in [1.165, 1.54) is 24.2 Å². The number of ether oxygens (including phenoxy) is 1. The predicted molar refractivity (Wildman–Crippen MR) is 83.0 cm³/mol. The number of nitrogens with zero attached hydrogens (tertiary/aromatic N) is 2. The van der Waals surface area contributed by atoms with Gasteiger partial charge in [-0.2, -0.15) is 0 Å². The molecule has 4 nitrogen and oxygen atoms in total. The molecule has 1 aromatic heterocycles. The molecule has 20 heavy (non-hydrogen) atoms. The van der Waals surface area contributed by atoms with E-state index in [0.29, 0.717) is 6.61 Å². The maximum absolute atomic E-state index is 11.2. The first-order chi connectivity index (χ1) is 9.41. The van der Waals surface area contributed by atoms with Crippen molar-refractivity contribution in [2.75, 3.05) is 31.7 Å². The number of hydrogen-bond donors (Lipinski definition) is 0. The Labute approximate surface area is 125 Å². The maximum Gasteiger partial charge on any atom is 0.186 e. The second-order valence-corrected chi connectivity index (χ2v) is 7.53.